The Morgan fingerprint density at radius 1 is 1.44 bits per heavy atom. The summed E-state index contributed by atoms with van der Waals surface area (Å²) in [5.74, 6) is 0.944. The van der Waals surface area contributed by atoms with Crippen LogP contribution in [0, 0.1) is 6.92 Å². The van der Waals surface area contributed by atoms with Crippen molar-refractivity contribution in [3.8, 4) is 0 Å². The fraction of sp³-hybridized carbons (Fsp3) is 0.615. The first kappa shape index (κ1) is 13.0. The highest BCUT2D eigenvalue weighted by atomic mass is 15.0. The van der Waals surface area contributed by atoms with E-state index in [1.54, 1.807) is 0 Å². The zero-order valence-electron chi connectivity index (χ0n) is 11.0. The van der Waals surface area contributed by atoms with Gasteiger partial charge in [0.1, 0.15) is 5.82 Å². The van der Waals surface area contributed by atoms with Crippen molar-refractivity contribution in [2.24, 2.45) is 5.73 Å². The fourth-order valence-corrected chi connectivity index (χ4v) is 1.52. The molecule has 1 heterocycles. The molecule has 1 aromatic heterocycles. The van der Waals surface area contributed by atoms with Gasteiger partial charge in [0.15, 0.2) is 0 Å². The summed E-state index contributed by atoms with van der Waals surface area (Å²) in [7, 11) is 0. The van der Waals surface area contributed by atoms with Crippen LogP contribution in [-0.4, -0.2) is 10.5 Å². The number of hydrogen-bond donors (Lipinski definition) is 2. The summed E-state index contributed by atoms with van der Waals surface area (Å²) in [6.07, 6.45) is 2.81. The van der Waals surface area contributed by atoms with E-state index < -0.39 is 0 Å². The molecule has 3 N–H and O–H groups in total. The van der Waals surface area contributed by atoms with Crippen LogP contribution < -0.4 is 11.1 Å². The number of aryl methyl sites for hydroxylation is 1. The van der Waals surface area contributed by atoms with E-state index in [0.717, 1.165) is 23.4 Å². The second-order valence-electron chi connectivity index (χ2n) is 5.32. The molecule has 90 valence electrons. The molecular weight excluding hydrogens is 198 g/mol. The van der Waals surface area contributed by atoms with Crippen LogP contribution in [0.1, 0.15) is 51.3 Å². The maximum Gasteiger partial charge on any atom is 0.129 e. The molecule has 0 aliphatic carbocycles. The Hall–Kier alpha value is -1.09. The highest BCUT2D eigenvalue weighted by molar-refractivity contribution is 5.46. The summed E-state index contributed by atoms with van der Waals surface area (Å²) in [6.45, 7) is 10.5. The van der Waals surface area contributed by atoms with Crippen LogP contribution >= 0.6 is 0 Å². The van der Waals surface area contributed by atoms with Gasteiger partial charge in [-0.3, -0.25) is 0 Å². The quantitative estimate of drug-likeness (QED) is 0.825. The average Bonchev–Trinajstić information content (AvgIpc) is 2.18. The topological polar surface area (TPSA) is 50.9 Å². The standard InChI is InChI=1S/C13H23N3/c1-6-11(14)10-7-9(2)12(15-8-10)16-13(3,4)5/h7-8,11H,6,14H2,1-5H3,(H,15,16). The summed E-state index contributed by atoms with van der Waals surface area (Å²) in [4.78, 5) is 4.44. The van der Waals surface area contributed by atoms with Crippen LogP contribution in [-0.2, 0) is 0 Å². The van der Waals surface area contributed by atoms with Crippen LogP contribution in [0.4, 0.5) is 5.82 Å². The Balaban J connectivity index is 2.92. The molecule has 3 nitrogen and oxygen atoms in total. The summed E-state index contributed by atoms with van der Waals surface area (Å²) in [5.41, 5.74) is 8.27. The lowest BCUT2D eigenvalue weighted by Gasteiger charge is -2.23. The Morgan fingerprint density at radius 3 is 2.50 bits per heavy atom. The highest BCUT2D eigenvalue weighted by Crippen LogP contribution is 2.21. The van der Waals surface area contributed by atoms with Crippen molar-refractivity contribution in [1.82, 2.24) is 4.98 Å². The number of aromatic nitrogens is 1. The lowest BCUT2D eigenvalue weighted by atomic mass is 10.0. The van der Waals surface area contributed by atoms with E-state index >= 15 is 0 Å². The van der Waals surface area contributed by atoms with E-state index in [2.05, 4.69) is 51.0 Å². The van der Waals surface area contributed by atoms with E-state index in [4.69, 9.17) is 5.73 Å². The molecule has 1 rings (SSSR count). The molecule has 0 aliphatic rings. The van der Waals surface area contributed by atoms with Gasteiger partial charge in [0, 0.05) is 17.8 Å². The first-order valence-electron chi connectivity index (χ1n) is 5.84. The van der Waals surface area contributed by atoms with Gasteiger partial charge >= 0.3 is 0 Å². The fourth-order valence-electron chi connectivity index (χ4n) is 1.52. The molecule has 0 aliphatic heterocycles. The molecule has 16 heavy (non-hydrogen) atoms. The normalized spacial score (nSPS) is 13.6. The third-order valence-corrected chi connectivity index (χ3v) is 2.46. The third kappa shape index (κ3) is 3.49. The molecule has 1 aromatic rings. The van der Waals surface area contributed by atoms with Crippen LogP contribution in [0.25, 0.3) is 0 Å². The Labute approximate surface area is 98.5 Å². The molecule has 0 saturated heterocycles. The smallest absolute Gasteiger partial charge is 0.129 e. The highest BCUT2D eigenvalue weighted by Gasteiger charge is 2.13. The van der Waals surface area contributed by atoms with E-state index in [-0.39, 0.29) is 11.6 Å². The minimum atomic E-state index is 0.0339. The summed E-state index contributed by atoms with van der Waals surface area (Å²) < 4.78 is 0. The Bertz CT molecular complexity index is 353. The monoisotopic (exact) mass is 221 g/mol. The molecule has 0 spiro atoms. The second kappa shape index (κ2) is 4.83. The van der Waals surface area contributed by atoms with Gasteiger partial charge in [-0.2, -0.15) is 0 Å². The summed E-state index contributed by atoms with van der Waals surface area (Å²) >= 11 is 0. The van der Waals surface area contributed by atoms with Gasteiger partial charge in [-0.15, -0.1) is 0 Å². The SMILES string of the molecule is CCC(N)c1cnc(NC(C)(C)C)c(C)c1. The summed E-state index contributed by atoms with van der Waals surface area (Å²) in [5, 5.41) is 3.38. The van der Waals surface area contributed by atoms with Crippen LogP contribution in [0.5, 0.6) is 0 Å². The van der Waals surface area contributed by atoms with Crippen LogP contribution in [0.2, 0.25) is 0 Å². The van der Waals surface area contributed by atoms with E-state index in [1.165, 1.54) is 0 Å². The van der Waals surface area contributed by atoms with Crippen molar-refractivity contribution in [2.45, 2.75) is 52.6 Å². The number of nitrogens with zero attached hydrogens (tertiary/aromatic N) is 1. The largest absolute Gasteiger partial charge is 0.365 e. The van der Waals surface area contributed by atoms with Gasteiger partial charge in [-0.1, -0.05) is 6.92 Å². The molecule has 0 aromatic carbocycles. The van der Waals surface area contributed by atoms with Gasteiger partial charge in [0.05, 0.1) is 0 Å². The molecule has 1 atom stereocenters. The van der Waals surface area contributed by atoms with E-state index in [9.17, 15) is 0 Å². The predicted molar refractivity (Wildman–Crippen MR) is 69.6 cm³/mol. The van der Waals surface area contributed by atoms with Gasteiger partial charge in [-0.25, -0.2) is 4.98 Å². The number of rotatable bonds is 3. The molecule has 1 unspecified atom stereocenters. The molecule has 0 bridgehead atoms. The number of hydrogen-bond acceptors (Lipinski definition) is 3. The zero-order valence-corrected chi connectivity index (χ0v) is 11.0. The lowest BCUT2D eigenvalue weighted by Crippen LogP contribution is -2.27. The number of nitrogens with one attached hydrogen (secondary N) is 1. The molecule has 0 fully saturated rings. The number of nitrogens with two attached hydrogens (primary N) is 1. The molecule has 3 heteroatoms. The average molecular weight is 221 g/mol. The second-order valence-corrected chi connectivity index (χ2v) is 5.32. The minimum Gasteiger partial charge on any atom is -0.365 e. The van der Waals surface area contributed by atoms with Crippen molar-refractivity contribution in [3.05, 3.63) is 23.4 Å². The number of anilines is 1. The molecular formula is C13H23N3. The van der Waals surface area contributed by atoms with Crippen molar-refractivity contribution in [3.63, 3.8) is 0 Å². The first-order valence-corrected chi connectivity index (χ1v) is 5.84. The summed E-state index contributed by atoms with van der Waals surface area (Å²) in [6, 6.07) is 2.21. The lowest BCUT2D eigenvalue weighted by molar-refractivity contribution is 0.628. The van der Waals surface area contributed by atoms with E-state index in [1.807, 2.05) is 6.20 Å². The molecule has 0 saturated carbocycles. The van der Waals surface area contributed by atoms with Gasteiger partial charge in [-0.05, 0) is 51.3 Å². The van der Waals surface area contributed by atoms with Gasteiger partial charge < -0.3 is 11.1 Å². The Morgan fingerprint density at radius 2 is 2.06 bits per heavy atom. The van der Waals surface area contributed by atoms with Crippen LogP contribution in [0.3, 0.4) is 0 Å². The van der Waals surface area contributed by atoms with Crippen LogP contribution in [0.15, 0.2) is 12.3 Å². The maximum atomic E-state index is 5.98. The zero-order chi connectivity index (χ0) is 12.3. The van der Waals surface area contributed by atoms with Crippen molar-refractivity contribution < 1.29 is 0 Å². The Kier molecular flexibility index (Phi) is 3.92. The maximum absolute atomic E-state index is 5.98. The van der Waals surface area contributed by atoms with Crippen molar-refractivity contribution in [1.29, 1.82) is 0 Å². The first-order chi connectivity index (χ1) is 7.33. The number of pyridine rings is 1. The predicted octanol–water partition coefficient (Wildman–Crippen LogP) is 3.01. The molecule has 0 amide bonds. The third-order valence-electron chi connectivity index (χ3n) is 2.46. The van der Waals surface area contributed by atoms with Crippen molar-refractivity contribution >= 4 is 5.82 Å². The van der Waals surface area contributed by atoms with Crippen molar-refractivity contribution in [2.75, 3.05) is 5.32 Å². The minimum absolute atomic E-state index is 0.0339. The molecule has 0 radical (unpaired) electrons. The van der Waals surface area contributed by atoms with E-state index in [0.29, 0.717) is 0 Å². The van der Waals surface area contributed by atoms with Gasteiger partial charge in [0.2, 0.25) is 0 Å². The van der Waals surface area contributed by atoms with Gasteiger partial charge in [0.25, 0.3) is 0 Å².